The maximum absolute atomic E-state index is 14.1. The Morgan fingerprint density at radius 2 is 1.57 bits per heavy atom. The first-order chi connectivity index (χ1) is 32.4. The Hall–Kier alpha value is -6.10. The van der Waals surface area contributed by atoms with Crippen LogP contribution in [0.3, 0.4) is 0 Å². The number of para-hydroxylation sites is 1. The van der Waals surface area contributed by atoms with Crippen LogP contribution in [0.4, 0.5) is 11.4 Å². The quantitative estimate of drug-likeness (QED) is 0.0859. The van der Waals surface area contributed by atoms with Crippen molar-refractivity contribution in [1.82, 2.24) is 4.90 Å². The van der Waals surface area contributed by atoms with Crippen LogP contribution in [0, 0.1) is 16.7 Å². The fraction of sp³-hybridized carbons (Fsp3) is 0.236. The zero-order valence-electron chi connectivity index (χ0n) is 37.2. The highest BCUT2D eigenvalue weighted by molar-refractivity contribution is 8.05. The molecule has 1 aliphatic carbocycles. The number of anilines is 2. The number of amides is 1. The number of allylic oxidation sites excluding steroid dienone is 2. The number of thiophene rings is 2. The van der Waals surface area contributed by atoms with Crippen LogP contribution in [0.15, 0.2) is 142 Å². The lowest BCUT2D eigenvalue weighted by atomic mass is 9.69. The van der Waals surface area contributed by atoms with Crippen LogP contribution in [0.5, 0.6) is 0 Å². The van der Waals surface area contributed by atoms with E-state index in [9.17, 15) is 29.9 Å². The lowest BCUT2D eigenvalue weighted by molar-refractivity contribution is -0.150. The van der Waals surface area contributed by atoms with E-state index in [0.717, 1.165) is 67.7 Å². The number of hydrogen-bond acceptors (Lipinski definition) is 9. The van der Waals surface area contributed by atoms with Crippen molar-refractivity contribution in [3.05, 3.63) is 148 Å². The molecule has 2 N–H and O–H groups in total. The van der Waals surface area contributed by atoms with Gasteiger partial charge in [0, 0.05) is 42.3 Å². The van der Waals surface area contributed by atoms with Gasteiger partial charge in [-0.25, -0.2) is 0 Å². The average Bonchev–Trinajstić information content (AvgIpc) is 3.97. The molecule has 3 unspecified atom stereocenters. The number of aliphatic carboxylic acids is 2. The van der Waals surface area contributed by atoms with Crippen LogP contribution in [0.2, 0.25) is 0 Å². The Labute approximate surface area is 406 Å². The van der Waals surface area contributed by atoms with Crippen molar-refractivity contribution in [1.29, 1.82) is 5.26 Å². The number of nitrogens with zero attached hydrogens (tertiary/aromatic N) is 3. The van der Waals surface area contributed by atoms with E-state index in [2.05, 4.69) is 122 Å². The highest BCUT2D eigenvalue weighted by Crippen LogP contribution is 2.55. The molecule has 0 spiro atoms. The van der Waals surface area contributed by atoms with E-state index in [1.54, 1.807) is 17.4 Å². The Balaban J connectivity index is 1.11. The summed E-state index contributed by atoms with van der Waals surface area (Å²) in [5, 5.41) is 30.0. The molecule has 10 rings (SSSR count). The fourth-order valence-corrected chi connectivity index (χ4v) is 15.1. The Kier molecular flexibility index (Phi) is 11.9. The first-order valence-corrected chi connectivity index (χ1v) is 25.8. The van der Waals surface area contributed by atoms with Crippen molar-refractivity contribution >= 4 is 101 Å². The van der Waals surface area contributed by atoms with Crippen molar-refractivity contribution in [3.8, 4) is 28.3 Å². The number of thioether (sulfide) groups is 1. The van der Waals surface area contributed by atoms with Crippen LogP contribution in [0.1, 0.15) is 62.5 Å². The SMILES string of the molecule is CCCCCCN1c2ccccc2Sc2cc(-c3cc4c(cc3-c3ccccc3)sc3c5c(sc34)CC(C)(c3ccccc3)C(/C=C3/SC(C(C)(C#N)C(=O)O)N(CC(=O)O)C3=O)=C5)ccc21. The van der Waals surface area contributed by atoms with Gasteiger partial charge in [-0.05, 0) is 102 Å². The van der Waals surface area contributed by atoms with Crippen LogP contribution >= 0.6 is 46.2 Å². The highest BCUT2D eigenvalue weighted by atomic mass is 32.2. The van der Waals surface area contributed by atoms with Crippen LogP contribution < -0.4 is 4.90 Å². The number of carbonyl (C=O) groups is 3. The molecular formula is C55H47N3O5S4. The molecule has 1 saturated heterocycles. The number of unbranched alkanes of at least 4 members (excludes halogenated alkanes) is 3. The summed E-state index contributed by atoms with van der Waals surface area (Å²) >= 11 is 6.37. The lowest BCUT2D eigenvalue weighted by Crippen LogP contribution is -2.48. The predicted molar refractivity (Wildman–Crippen MR) is 275 cm³/mol. The molecule has 67 heavy (non-hydrogen) atoms. The van der Waals surface area contributed by atoms with Crippen molar-refractivity contribution in [2.45, 2.75) is 73.5 Å². The molecule has 1 fully saturated rings. The molecule has 0 saturated carbocycles. The normalized spacial score (nSPS) is 19.2. The zero-order valence-corrected chi connectivity index (χ0v) is 40.5. The summed E-state index contributed by atoms with van der Waals surface area (Å²) in [6.45, 7) is 5.90. The van der Waals surface area contributed by atoms with E-state index >= 15 is 0 Å². The minimum atomic E-state index is -2.05. The van der Waals surface area contributed by atoms with E-state index in [1.165, 1.54) is 72.6 Å². The number of fused-ring (bicyclic) bond motifs is 7. The van der Waals surface area contributed by atoms with Gasteiger partial charge in [0.15, 0.2) is 5.41 Å². The van der Waals surface area contributed by atoms with Crippen molar-refractivity contribution in [2.75, 3.05) is 18.0 Å². The molecule has 3 atom stereocenters. The number of nitriles is 1. The summed E-state index contributed by atoms with van der Waals surface area (Å²) in [5.41, 5.74) is 7.50. The second-order valence-corrected chi connectivity index (χ2v) is 22.2. The fourth-order valence-electron chi connectivity index (χ4n) is 9.69. The third kappa shape index (κ3) is 7.85. The van der Waals surface area contributed by atoms with Gasteiger partial charge in [0.05, 0.1) is 31.7 Å². The molecule has 5 aromatic carbocycles. The summed E-state index contributed by atoms with van der Waals surface area (Å²) in [6, 6.07) is 43.0. The van der Waals surface area contributed by atoms with Gasteiger partial charge in [-0.15, -0.1) is 22.7 Å². The van der Waals surface area contributed by atoms with Crippen molar-refractivity contribution in [2.24, 2.45) is 5.41 Å². The number of carbonyl (C=O) groups excluding carboxylic acids is 1. The Bertz CT molecular complexity index is 3240. The van der Waals surface area contributed by atoms with Crippen LogP contribution in [-0.2, 0) is 26.2 Å². The van der Waals surface area contributed by atoms with Gasteiger partial charge in [-0.3, -0.25) is 14.4 Å². The van der Waals surface area contributed by atoms with E-state index in [1.807, 2.05) is 47.4 Å². The summed E-state index contributed by atoms with van der Waals surface area (Å²) in [4.78, 5) is 46.1. The molecule has 4 heterocycles. The van der Waals surface area contributed by atoms with Crippen molar-refractivity contribution < 1.29 is 24.6 Å². The summed E-state index contributed by atoms with van der Waals surface area (Å²) < 4.78 is 3.54. The average molecular weight is 958 g/mol. The van der Waals surface area contributed by atoms with Gasteiger partial charge >= 0.3 is 11.9 Å². The number of rotatable bonds is 13. The van der Waals surface area contributed by atoms with E-state index in [-0.39, 0.29) is 4.91 Å². The molecule has 8 nitrogen and oxygen atoms in total. The van der Waals surface area contributed by atoms with Crippen LogP contribution in [-0.4, -0.2) is 51.4 Å². The predicted octanol–water partition coefficient (Wildman–Crippen LogP) is 14.0. The molecule has 336 valence electrons. The Morgan fingerprint density at radius 1 is 0.851 bits per heavy atom. The molecule has 7 aromatic rings. The smallest absolute Gasteiger partial charge is 0.326 e. The third-order valence-corrected chi connectivity index (χ3v) is 18.6. The summed E-state index contributed by atoms with van der Waals surface area (Å²) in [5.74, 6) is -3.32. The van der Waals surface area contributed by atoms with E-state index in [0.29, 0.717) is 6.42 Å². The third-order valence-electron chi connectivity index (χ3n) is 13.4. The molecule has 2 aliphatic heterocycles. The summed E-state index contributed by atoms with van der Waals surface area (Å²) in [6.07, 6.45) is 9.41. The largest absolute Gasteiger partial charge is 0.480 e. The number of carboxylic acid groups (broad SMARTS) is 2. The van der Waals surface area contributed by atoms with Gasteiger partial charge in [0.1, 0.15) is 11.9 Å². The molecule has 1 amide bonds. The number of benzene rings is 5. The zero-order chi connectivity index (χ0) is 46.6. The van der Waals surface area contributed by atoms with Gasteiger partial charge in [-0.1, -0.05) is 135 Å². The maximum Gasteiger partial charge on any atom is 0.326 e. The van der Waals surface area contributed by atoms with Gasteiger partial charge in [0.2, 0.25) is 0 Å². The summed E-state index contributed by atoms with van der Waals surface area (Å²) in [7, 11) is 0. The van der Waals surface area contributed by atoms with Crippen molar-refractivity contribution in [3.63, 3.8) is 0 Å². The highest BCUT2D eigenvalue weighted by Gasteiger charge is 2.53. The molecule has 0 bridgehead atoms. The maximum atomic E-state index is 14.1. The Morgan fingerprint density at radius 3 is 2.30 bits per heavy atom. The molecule has 0 radical (unpaired) electrons. The number of carboxylic acids is 2. The molecular weight excluding hydrogens is 911 g/mol. The molecule has 12 heteroatoms. The molecule has 2 aromatic heterocycles. The monoisotopic (exact) mass is 957 g/mol. The first-order valence-electron chi connectivity index (χ1n) is 22.5. The minimum absolute atomic E-state index is 0.206. The molecule has 3 aliphatic rings. The second kappa shape index (κ2) is 17.8. The first kappa shape index (κ1) is 44.7. The van der Waals surface area contributed by atoms with E-state index in [4.69, 9.17) is 0 Å². The van der Waals surface area contributed by atoms with Crippen LogP contribution in [0.25, 0.3) is 47.8 Å². The van der Waals surface area contributed by atoms with Gasteiger partial charge < -0.3 is 20.0 Å². The lowest BCUT2D eigenvalue weighted by Gasteiger charge is -2.35. The minimum Gasteiger partial charge on any atom is -0.480 e. The van der Waals surface area contributed by atoms with E-state index < -0.39 is 40.6 Å². The topological polar surface area (TPSA) is 122 Å². The second-order valence-electron chi connectivity index (χ2n) is 17.8. The van der Waals surface area contributed by atoms with Gasteiger partial charge in [-0.2, -0.15) is 5.26 Å². The van der Waals surface area contributed by atoms with Gasteiger partial charge in [0.25, 0.3) is 5.91 Å². The standard InChI is InChI=1S/C55H47N3O5S4/c1-4-5-6-15-24-57-41-20-13-14-21-43(41)64-45-25-34(22-23-42(45)57)37-28-40-44(29-38(37)33-16-9-7-10-17-33)65-49-39-26-36(54(2,30-47(39)66-50(40)49)35-18-11-8-12-19-35)27-46-51(61)58(31-48(59)60)52(67-46)55(3,32-56)53(62)63/h7-14,16-23,25-29,52H,4-6,15,24,30-31H2,1-3H3,(H,59,60)(H,62,63)/b46-27+. The number of hydrogen-bond donors (Lipinski definition) is 2.